The number of benzene rings is 2. The number of amides is 1. The van der Waals surface area contributed by atoms with Crippen LogP contribution in [0, 0.1) is 0 Å². The zero-order valence-corrected chi connectivity index (χ0v) is 19.4. The van der Waals surface area contributed by atoms with Crippen molar-refractivity contribution in [3.63, 3.8) is 0 Å². The van der Waals surface area contributed by atoms with Crippen LogP contribution in [0.15, 0.2) is 60.7 Å². The number of esters is 1. The van der Waals surface area contributed by atoms with Crippen LogP contribution in [0.3, 0.4) is 0 Å². The van der Waals surface area contributed by atoms with Gasteiger partial charge >= 0.3 is 18.0 Å². The van der Waals surface area contributed by atoms with Crippen LogP contribution in [0.2, 0.25) is 0 Å². The molecule has 1 heterocycles. The van der Waals surface area contributed by atoms with Crippen molar-refractivity contribution < 1.29 is 33.7 Å². The highest BCUT2D eigenvalue weighted by Crippen LogP contribution is 2.07. The Morgan fingerprint density at radius 3 is 1.94 bits per heavy atom. The molecule has 1 fully saturated rings. The number of carbonyl (C=O) groups excluding carboxylic acids is 2. The standard InChI is InChI=1S/C20H21NO6.C5H11NO/c22-18(23)12-11-17(19(24)26-13-15-7-3-1-4-8-15)21-20(25)27-14-16-9-5-2-6-10-16;1-6-2-4-7-5-3-6/h1-10,17H,11-14H2,(H,21,25)(H,22,23);2-5H2,1H3/t17-;/m0./s1. The van der Waals surface area contributed by atoms with Crippen LogP contribution in [0.25, 0.3) is 0 Å². The zero-order valence-electron chi connectivity index (χ0n) is 19.4. The van der Waals surface area contributed by atoms with Gasteiger partial charge in [0.1, 0.15) is 19.3 Å². The van der Waals surface area contributed by atoms with Gasteiger partial charge in [0.15, 0.2) is 0 Å². The number of carbonyl (C=O) groups is 3. The molecule has 0 unspecified atom stereocenters. The van der Waals surface area contributed by atoms with Gasteiger partial charge in [-0.3, -0.25) is 4.79 Å². The summed E-state index contributed by atoms with van der Waals surface area (Å²) in [7, 11) is 2.11. The molecular formula is C25H32N2O7. The Morgan fingerprint density at radius 2 is 1.47 bits per heavy atom. The first-order chi connectivity index (χ1) is 16.4. The number of hydrogen-bond acceptors (Lipinski definition) is 7. The fraction of sp³-hybridized carbons (Fsp3) is 0.400. The van der Waals surface area contributed by atoms with E-state index in [2.05, 4.69) is 17.3 Å². The topological polar surface area (TPSA) is 114 Å². The molecule has 0 radical (unpaired) electrons. The average molecular weight is 473 g/mol. The molecule has 2 aromatic carbocycles. The summed E-state index contributed by atoms with van der Waals surface area (Å²) in [5, 5.41) is 11.2. The van der Waals surface area contributed by atoms with Crippen molar-refractivity contribution in [1.82, 2.24) is 10.2 Å². The van der Waals surface area contributed by atoms with Crippen LogP contribution in [-0.2, 0) is 37.0 Å². The molecule has 0 bridgehead atoms. The largest absolute Gasteiger partial charge is 0.481 e. The van der Waals surface area contributed by atoms with Gasteiger partial charge in [-0.05, 0) is 24.6 Å². The first kappa shape index (κ1) is 26.8. The number of alkyl carbamates (subject to hydrolysis) is 1. The van der Waals surface area contributed by atoms with E-state index in [1.54, 1.807) is 24.3 Å². The Bertz CT molecular complexity index is 871. The molecule has 1 amide bonds. The summed E-state index contributed by atoms with van der Waals surface area (Å²) in [4.78, 5) is 37.3. The highest BCUT2D eigenvalue weighted by atomic mass is 16.6. The number of morpholine rings is 1. The third-order valence-corrected chi connectivity index (χ3v) is 4.89. The SMILES string of the molecule is CN1CCOCC1.O=C(O)CC[C@H](NC(=O)OCc1ccccc1)C(=O)OCc1ccccc1. The first-order valence-electron chi connectivity index (χ1n) is 11.1. The third-order valence-electron chi connectivity index (χ3n) is 4.89. The quantitative estimate of drug-likeness (QED) is 0.536. The van der Waals surface area contributed by atoms with Gasteiger partial charge in [-0.25, -0.2) is 9.59 Å². The molecule has 0 saturated carbocycles. The molecular weight excluding hydrogens is 440 g/mol. The molecule has 9 nitrogen and oxygen atoms in total. The van der Waals surface area contributed by atoms with Crippen molar-refractivity contribution in [2.75, 3.05) is 33.4 Å². The van der Waals surface area contributed by atoms with Gasteiger partial charge < -0.3 is 29.5 Å². The fourth-order valence-electron chi connectivity index (χ4n) is 2.91. The molecule has 34 heavy (non-hydrogen) atoms. The molecule has 9 heteroatoms. The lowest BCUT2D eigenvalue weighted by Gasteiger charge is -2.21. The minimum Gasteiger partial charge on any atom is -0.481 e. The van der Waals surface area contributed by atoms with E-state index in [1.807, 2.05) is 36.4 Å². The van der Waals surface area contributed by atoms with Crippen LogP contribution in [-0.4, -0.2) is 67.4 Å². The van der Waals surface area contributed by atoms with Crippen molar-refractivity contribution in [2.45, 2.75) is 32.1 Å². The Labute approximate surface area is 199 Å². The second-order valence-electron chi connectivity index (χ2n) is 7.70. The van der Waals surface area contributed by atoms with Crippen molar-refractivity contribution in [3.8, 4) is 0 Å². The molecule has 1 saturated heterocycles. The summed E-state index contributed by atoms with van der Waals surface area (Å²) in [6.07, 6.45) is -1.20. The molecule has 184 valence electrons. The molecule has 1 atom stereocenters. The second-order valence-corrected chi connectivity index (χ2v) is 7.70. The van der Waals surface area contributed by atoms with E-state index < -0.39 is 24.1 Å². The van der Waals surface area contributed by atoms with Crippen LogP contribution in [0.4, 0.5) is 4.79 Å². The van der Waals surface area contributed by atoms with Crippen molar-refractivity contribution in [3.05, 3.63) is 71.8 Å². The van der Waals surface area contributed by atoms with Gasteiger partial charge in [-0.15, -0.1) is 0 Å². The van der Waals surface area contributed by atoms with Gasteiger partial charge in [0.2, 0.25) is 0 Å². The number of nitrogens with one attached hydrogen (secondary N) is 1. The second kappa shape index (κ2) is 15.4. The summed E-state index contributed by atoms with van der Waals surface area (Å²) >= 11 is 0. The molecule has 0 spiro atoms. The maximum absolute atomic E-state index is 12.3. The lowest BCUT2D eigenvalue weighted by atomic mass is 10.1. The fourth-order valence-corrected chi connectivity index (χ4v) is 2.91. The number of hydrogen-bond donors (Lipinski definition) is 2. The van der Waals surface area contributed by atoms with E-state index >= 15 is 0 Å². The molecule has 2 aromatic rings. The van der Waals surface area contributed by atoms with Gasteiger partial charge in [-0.2, -0.15) is 0 Å². The predicted molar refractivity (Wildman–Crippen MR) is 125 cm³/mol. The van der Waals surface area contributed by atoms with Crippen LogP contribution < -0.4 is 5.32 Å². The van der Waals surface area contributed by atoms with Crippen LogP contribution >= 0.6 is 0 Å². The van der Waals surface area contributed by atoms with Gasteiger partial charge in [0.25, 0.3) is 0 Å². The van der Waals surface area contributed by atoms with E-state index in [1.165, 1.54) is 0 Å². The van der Waals surface area contributed by atoms with Gasteiger partial charge in [0, 0.05) is 19.5 Å². The molecule has 3 rings (SSSR count). The molecule has 1 aliphatic rings. The summed E-state index contributed by atoms with van der Waals surface area (Å²) in [5.74, 6) is -1.79. The number of likely N-dealkylation sites (N-methyl/N-ethyl adjacent to an activating group) is 1. The molecule has 1 aliphatic heterocycles. The van der Waals surface area contributed by atoms with E-state index in [9.17, 15) is 14.4 Å². The number of carboxylic acids is 1. The number of rotatable bonds is 9. The van der Waals surface area contributed by atoms with Crippen LogP contribution in [0.5, 0.6) is 0 Å². The average Bonchev–Trinajstić information content (AvgIpc) is 2.86. The number of aliphatic carboxylic acids is 1. The van der Waals surface area contributed by atoms with Gasteiger partial charge in [0.05, 0.1) is 13.2 Å². The maximum atomic E-state index is 12.3. The monoisotopic (exact) mass is 472 g/mol. The molecule has 0 aliphatic carbocycles. The first-order valence-corrected chi connectivity index (χ1v) is 11.1. The lowest BCUT2D eigenvalue weighted by molar-refractivity contribution is -0.148. The normalized spacial score (nSPS) is 14.1. The van der Waals surface area contributed by atoms with E-state index in [4.69, 9.17) is 19.3 Å². The lowest BCUT2D eigenvalue weighted by Crippen LogP contribution is -2.42. The Kier molecular flexibility index (Phi) is 12.2. The predicted octanol–water partition coefficient (Wildman–Crippen LogP) is 2.84. The van der Waals surface area contributed by atoms with Crippen molar-refractivity contribution in [2.24, 2.45) is 0 Å². The molecule has 0 aromatic heterocycles. The number of carboxylic acid groups (broad SMARTS) is 1. The smallest absolute Gasteiger partial charge is 0.408 e. The number of ether oxygens (including phenoxy) is 3. The van der Waals surface area contributed by atoms with Gasteiger partial charge in [-0.1, -0.05) is 60.7 Å². The van der Waals surface area contributed by atoms with Crippen molar-refractivity contribution >= 4 is 18.0 Å². The third kappa shape index (κ3) is 11.4. The minimum absolute atomic E-state index is 0.0317. The number of nitrogens with zero attached hydrogens (tertiary/aromatic N) is 1. The summed E-state index contributed by atoms with van der Waals surface area (Å²) < 4.78 is 15.4. The van der Waals surface area contributed by atoms with E-state index in [0.717, 1.165) is 37.4 Å². The minimum atomic E-state index is -1.10. The Hall–Kier alpha value is -3.43. The maximum Gasteiger partial charge on any atom is 0.408 e. The van der Waals surface area contributed by atoms with E-state index in [-0.39, 0.29) is 26.1 Å². The highest BCUT2D eigenvalue weighted by molar-refractivity contribution is 5.82. The van der Waals surface area contributed by atoms with Crippen molar-refractivity contribution in [1.29, 1.82) is 0 Å². The summed E-state index contributed by atoms with van der Waals surface area (Å²) in [6.45, 7) is 4.09. The highest BCUT2D eigenvalue weighted by Gasteiger charge is 2.24. The summed E-state index contributed by atoms with van der Waals surface area (Å²) in [6, 6.07) is 17.0. The summed E-state index contributed by atoms with van der Waals surface area (Å²) in [5.41, 5.74) is 1.58. The van der Waals surface area contributed by atoms with E-state index in [0.29, 0.717) is 0 Å². The zero-order chi connectivity index (χ0) is 24.6. The molecule has 2 N–H and O–H groups in total. The Morgan fingerprint density at radius 1 is 0.941 bits per heavy atom. The van der Waals surface area contributed by atoms with Crippen LogP contribution in [0.1, 0.15) is 24.0 Å². The Balaban J connectivity index is 0.000000497.